The Bertz CT molecular complexity index is 1070. The van der Waals surface area contributed by atoms with Crippen LogP contribution in [0.4, 0.5) is 4.39 Å². The summed E-state index contributed by atoms with van der Waals surface area (Å²) in [6.07, 6.45) is 2.04. The molecule has 3 aromatic rings. The predicted molar refractivity (Wildman–Crippen MR) is 109 cm³/mol. The number of fused-ring (bicyclic) bond motifs is 1. The van der Waals surface area contributed by atoms with Crippen molar-refractivity contribution >= 4 is 16.8 Å². The highest BCUT2D eigenvalue weighted by Crippen LogP contribution is 2.31. The third kappa shape index (κ3) is 3.98. The van der Waals surface area contributed by atoms with Gasteiger partial charge in [-0.15, -0.1) is 0 Å². The Labute approximate surface area is 173 Å². The minimum atomic E-state index is -0.311. The molecule has 1 atom stereocenters. The molecule has 2 aromatic carbocycles. The third-order valence-corrected chi connectivity index (χ3v) is 5.51. The van der Waals surface area contributed by atoms with Crippen molar-refractivity contribution in [3.8, 4) is 5.88 Å². The summed E-state index contributed by atoms with van der Waals surface area (Å²) in [5, 5.41) is 0.806. The van der Waals surface area contributed by atoms with Gasteiger partial charge in [0, 0.05) is 6.54 Å². The SMILES string of the molecule is O=C(c1nc(OCC2CC2)c2ccccc2n1)N1CCOC(c2ccc(F)cc2)C1. The van der Waals surface area contributed by atoms with E-state index >= 15 is 0 Å². The quantitative estimate of drug-likeness (QED) is 0.644. The molecule has 1 unspecified atom stereocenters. The molecule has 7 heteroatoms. The van der Waals surface area contributed by atoms with Crippen molar-refractivity contribution in [1.82, 2.24) is 14.9 Å². The van der Waals surface area contributed by atoms with Gasteiger partial charge in [-0.2, -0.15) is 4.98 Å². The van der Waals surface area contributed by atoms with E-state index in [-0.39, 0.29) is 23.7 Å². The molecule has 2 aliphatic rings. The lowest BCUT2D eigenvalue weighted by molar-refractivity contribution is -0.0232. The average Bonchev–Trinajstić information content (AvgIpc) is 3.62. The minimum absolute atomic E-state index is 0.124. The molecular weight excluding hydrogens is 385 g/mol. The summed E-state index contributed by atoms with van der Waals surface area (Å²) in [5.41, 5.74) is 1.52. The topological polar surface area (TPSA) is 64.5 Å². The van der Waals surface area contributed by atoms with E-state index in [2.05, 4.69) is 9.97 Å². The first-order valence-corrected chi connectivity index (χ1v) is 10.2. The molecule has 1 saturated heterocycles. The first-order valence-electron chi connectivity index (χ1n) is 10.2. The molecule has 2 fully saturated rings. The molecule has 0 radical (unpaired) electrons. The number of ether oxygens (including phenoxy) is 2. The fourth-order valence-electron chi connectivity index (χ4n) is 3.59. The highest BCUT2D eigenvalue weighted by molar-refractivity contribution is 5.94. The number of carbonyl (C=O) groups excluding carboxylic acids is 1. The van der Waals surface area contributed by atoms with E-state index in [1.54, 1.807) is 17.0 Å². The highest BCUT2D eigenvalue weighted by Gasteiger charge is 2.29. The summed E-state index contributed by atoms with van der Waals surface area (Å²) >= 11 is 0. The summed E-state index contributed by atoms with van der Waals surface area (Å²) in [5.74, 6) is 0.602. The summed E-state index contributed by atoms with van der Waals surface area (Å²) in [6, 6.07) is 13.7. The van der Waals surface area contributed by atoms with Crippen LogP contribution in [0, 0.1) is 11.7 Å². The average molecular weight is 407 g/mol. The standard InChI is InChI=1S/C23H22FN3O3/c24-17-9-7-16(8-10-17)20-13-27(11-12-29-20)23(28)21-25-19-4-2-1-3-18(19)22(26-21)30-14-15-5-6-15/h1-4,7-10,15,20H,5-6,11-14H2. The van der Waals surface area contributed by atoms with E-state index in [9.17, 15) is 9.18 Å². The van der Waals surface area contributed by atoms with Gasteiger partial charge in [-0.3, -0.25) is 4.79 Å². The molecule has 0 bridgehead atoms. The number of para-hydroxylation sites is 1. The van der Waals surface area contributed by atoms with Gasteiger partial charge in [-0.1, -0.05) is 24.3 Å². The Balaban J connectivity index is 1.39. The van der Waals surface area contributed by atoms with Crippen LogP contribution in [0.2, 0.25) is 0 Å². The molecule has 2 heterocycles. The first-order chi connectivity index (χ1) is 14.7. The predicted octanol–water partition coefficient (Wildman–Crippen LogP) is 3.77. The zero-order valence-corrected chi connectivity index (χ0v) is 16.5. The Hall–Kier alpha value is -3.06. The number of rotatable bonds is 5. The number of nitrogens with zero attached hydrogens (tertiary/aromatic N) is 3. The van der Waals surface area contributed by atoms with Crippen LogP contribution in [0.25, 0.3) is 10.9 Å². The second-order valence-corrected chi connectivity index (χ2v) is 7.79. The molecule has 0 spiro atoms. The molecule has 6 nitrogen and oxygen atoms in total. The fraction of sp³-hybridized carbons (Fsp3) is 0.348. The van der Waals surface area contributed by atoms with Crippen molar-refractivity contribution in [3.05, 3.63) is 65.7 Å². The molecule has 0 N–H and O–H groups in total. The Kier molecular flexibility index (Phi) is 5.04. The molecule has 1 aliphatic heterocycles. The second kappa shape index (κ2) is 7.99. The summed E-state index contributed by atoms with van der Waals surface area (Å²) in [4.78, 5) is 23.9. The van der Waals surface area contributed by atoms with Gasteiger partial charge in [0.05, 0.1) is 30.7 Å². The molecule has 1 amide bonds. The van der Waals surface area contributed by atoms with E-state index in [1.165, 1.54) is 25.0 Å². The van der Waals surface area contributed by atoms with Crippen LogP contribution >= 0.6 is 0 Å². The number of benzene rings is 2. The lowest BCUT2D eigenvalue weighted by atomic mass is 10.1. The molecular formula is C23H22FN3O3. The number of morpholine rings is 1. The maximum Gasteiger partial charge on any atom is 0.291 e. The molecule has 1 saturated carbocycles. The van der Waals surface area contributed by atoms with Gasteiger partial charge in [-0.05, 0) is 48.6 Å². The lowest BCUT2D eigenvalue weighted by Crippen LogP contribution is -2.42. The smallest absolute Gasteiger partial charge is 0.291 e. The number of halogens is 1. The van der Waals surface area contributed by atoms with Crippen molar-refractivity contribution in [1.29, 1.82) is 0 Å². The van der Waals surface area contributed by atoms with Crippen molar-refractivity contribution in [2.45, 2.75) is 18.9 Å². The number of hydrogen-bond acceptors (Lipinski definition) is 5. The largest absolute Gasteiger partial charge is 0.477 e. The Morgan fingerprint density at radius 3 is 2.73 bits per heavy atom. The maximum atomic E-state index is 13.2. The van der Waals surface area contributed by atoms with Crippen molar-refractivity contribution in [2.75, 3.05) is 26.3 Å². The molecule has 154 valence electrons. The Morgan fingerprint density at radius 1 is 1.13 bits per heavy atom. The zero-order valence-electron chi connectivity index (χ0n) is 16.5. The first kappa shape index (κ1) is 18.9. The monoisotopic (exact) mass is 407 g/mol. The van der Waals surface area contributed by atoms with E-state index in [0.29, 0.717) is 43.6 Å². The van der Waals surface area contributed by atoms with Crippen LogP contribution in [0.3, 0.4) is 0 Å². The number of aromatic nitrogens is 2. The van der Waals surface area contributed by atoms with E-state index in [1.807, 2.05) is 24.3 Å². The molecule has 30 heavy (non-hydrogen) atoms. The second-order valence-electron chi connectivity index (χ2n) is 7.79. The van der Waals surface area contributed by atoms with Gasteiger partial charge >= 0.3 is 0 Å². The molecule has 5 rings (SSSR count). The summed E-state index contributed by atoms with van der Waals surface area (Å²) in [6.45, 7) is 1.81. The lowest BCUT2D eigenvalue weighted by Gasteiger charge is -2.32. The van der Waals surface area contributed by atoms with Crippen LogP contribution in [-0.4, -0.2) is 47.1 Å². The minimum Gasteiger partial charge on any atom is -0.477 e. The van der Waals surface area contributed by atoms with E-state index < -0.39 is 0 Å². The zero-order chi connectivity index (χ0) is 20.5. The molecule has 1 aliphatic carbocycles. The van der Waals surface area contributed by atoms with Crippen LogP contribution in [0.1, 0.15) is 35.1 Å². The Morgan fingerprint density at radius 2 is 1.93 bits per heavy atom. The van der Waals surface area contributed by atoms with Crippen LogP contribution in [-0.2, 0) is 4.74 Å². The highest BCUT2D eigenvalue weighted by atomic mass is 19.1. The van der Waals surface area contributed by atoms with Gasteiger partial charge in [-0.25, -0.2) is 9.37 Å². The van der Waals surface area contributed by atoms with Crippen LogP contribution in [0.5, 0.6) is 5.88 Å². The van der Waals surface area contributed by atoms with Gasteiger partial charge in [0.25, 0.3) is 5.91 Å². The van der Waals surface area contributed by atoms with Gasteiger partial charge in [0.15, 0.2) is 0 Å². The fourth-order valence-corrected chi connectivity index (χ4v) is 3.59. The van der Waals surface area contributed by atoms with Crippen LogP contribution in [0.15, 0.2) is 48.5 Å². The number of amides is 1. The summed E-state index contributed by atoms with van der Waals surface area (Å²) in [7, 11) is 0. The van der Waals surface area contributed by atoms with Gasteiger partial charge < -0.3 is 14.4 Å². The van der Waals surface area contributed by atoms with Crippen molar-refractivity contribution in [2.24, 2.45) is 5.92 Å². The summed E-state index contributed by atoms with van der Waals surface area (Å²) < 4.78 is 25.0. The normalized spacial score (nSPS) is 19.1. The van der Waals surface area contributed by atoms with Crippen molar-refractivity contribution in [3.63, 3.8) is 0 Å². The number of hydrogen-bond donors (Lipinski definition) is 0. The van der Waals surface area contributed by atoms with Gasteiger partial charge in [0.1, 0.15) is 11.9 Å². The van der Waals surface area contributed by atoms with E-state index in [4.69, 9.17) is 9.47 Å². The molecule has 1 aromatic heterocycles. The van der Waals surface area contributed by atoms with Gasteiger partial charge in [0.2, 0.25) is 11.7 Å². The third-order valence-electron chi connectivity index (χ3n) is 5.51. The maximum absolute atomic E-state index is 13.2. The number of carbonyl (C=O) groups is 1. The van der Waals surface area contributed by atoms with Crippen molar-refractivity contribution < 1.29 is 18.7 Å². The van der Waals surface area contributed by atoms with Crippen LogP contribution < -0.4 is 4.74 Å². The van der Waals surface area contributed by atoms with E-state index in [0.717, 1.165) is 10.9 Å².